The summed E-state index contributed by atoms with van der Waals surface area (Å²) >= 11 is 0. The lowest BCUT2D eigenvalue weighted by atomic mass is 9.97. The molecule has 1 aromatic heterocycles. The highest BCUT2D eigenvalue weighted by molar-refractivity contribution is 5.99. The second-order valence-electron chi connectivity index (χ2n) is 7.14. The smallest absolute Gasteiger partial charge is 0.290 e. The molecule has 7 nitrogen and oxygen atoms in total. The number of methoxy groups -OCH3 is 1. The number of rotatable bonds is 6. The van der Waals surface area contributed by atoms with Gasteiger partial charge in [-0.15, -0.1) is 0 Å². The minimum Gasteiger partial charge on any atom is -0.493 e. The number of hydrogen-bond donors (Lipinski definition) is 1. The summed E-state index contributed by atoms with van der Waals surface area (Å²) in [5, 5.41) is 9.98. The Balaban J connectivity index is 1.95. The highest BCUT2D eigenvalue weighted by Gasteiger charge is 2.42. The van der Waals surface area contributed by atoms with Gasteiger partial charge in [0.2, 0.25) is 5.76 Å². The van der Waals surface area contributed by atoms with E-state index in [9.17, 15) is 14.7 Å². The Morgan fingerprint density at radius 1 is 1.13 bits per heavy atom. The molecular formula is C23H23NO6. The molecule has 3 aromatic rings. The van der Waals surface area contributed by atoms with Crippen molar-refractivity contribution < 1.29 is 23.8 Å². The molecule has 4 rings (SSSR count). The molecule has 30 heavy (non-hydrogen) atoms. The first-order valence-corrected chi connectivity index (χ1v) is 9.80. The van der Waals surface area contributed by atoms with Crippen LogP contribution in [0.15, 0.2) is 45.6 Å². The van der Waals surface area contributed by atoms with E-state index in [2.05, 4.69) is 0 Å². The van der Waals surface area contributed by atoms with E-state index < -0.39 is 11.9 Å². The topological polar surface area (TPSA) is 89.2 Å². The standard InChI is InChI=1S/C23H23NO6/c1-4-29-17-8-6-14(12-18(17)28-3)20-19-21(26)15-11-13(2)5-7-16(15)30-22(19)23(27)24(20)9-10-25/h5-8,11-12,20,25H,4,9-10H2,1-3H3/t20-/m0/s1. The van der Waals surface area contributed by atoms with Gasteiger partial charge in [0.25, 0.3) is 5.91 Å². The molecule has 1 atom stereocenters. The summed E-state index contributed by atoms with van der Waals surface area (Å²) in [4.78, 5) is 28.0. The zero-order valence-electron chi connectivity index (χ0n) is 17.1. The lowest BCUT2D eigenvalue weighted by molar-refractivity contribution is 0.0691. The Morgan fingerprint density at radius 3 is 2.63 bits per heavy atom. The number of carbonyl (C=O) groups is 1. The van der Waals surface area contributed by atoms with E-state index in [1.807, 2.05) is 19.9 Å². The van der Waals surface area contributed by atoms with Crippen molar-refractivity contribution in [1.29, 1.82) is 0 Å². The van der Waals surface area contributed by atoms with Gasteiger partial charge in [-0.25, -0.2) is 0 Å². The minimum atomic E-state index is -0.689. The van der Waals surface area contributed by atoms with Crippen LogP contribution >= 0.6 is 0 Å². The number of aliphatic hydroxyl groups is 1. The van der Waals surface area contributed by atoms with Gasteiger partial charge in [-0.05, 0) is 43.7 Å². The van der Waals surface area contributed by atoms with E-state index in [0.29, 0.717) is 34.6 Å². The number of ether oxygens (including phenoxy) is 2. The quantitative estimate of drug-likeness (QED) is 0.673. The van der Waals surface area contributed by atoms with E-state index in [4.69, 9.17) is 13.9 Å². The Kier molecular flexibility index (Phi) is 5.22. The molecule has 7 heteroatoms. The maximum atomic E-state index is 13.4. The second-order valence-corrected chi connectivity index (χ2v) is 7.14. The molecule has 156 valence electrons. The van der Waals surface area contributed by atoms with Crippen LogP contribution in [0.3, 0.4) is 0 Å². The monoisotopic (exact) mass is 409 g/mol. The number of benzene rings is 2. The van der Waals surface area contributed by atoms with Gasteiger partial charge in [-0.1, -0.05) is 17.7 Å². The average Bonchev–Trinajstić information content (AvgIpc) is 3.02. The lowest BCUT2D eigenvalue weighted by Crippen LogP contribution is -2.32. The van der Waals surface area contributed by atoms with Crippen LogP contribution in [0.5, 0.6) is 11.5 Å². The number of fused-ring (bicyclic) bond motifs is 2. The fourth-order valence-electron chi connectivity index (χ4n) is 3.95. The van der Waals surface area contributed by atoms with Gasteiger partial charge >= 0.3 is 0 Å². The van der Waals surface area contributed by atoms with Gasteiger partial charge in [0.1, 0.15) is 5.58 Å². The Hall–Kier alpha value is -3.32. The first-order chi connectivity index (χ1) is 14.5. The normalized spacial score (nSPS) is 15.5. The van der Waals surface area contributed by atoms with Crippen molar-refractivity contribution in [2.24, 2.45) is 0 Å². The van der Waals surface area contributed by atoms with Crippen molar-refractivity contribution in [2.45, 2.75) is 19.9 Å². The van der Waals surface area contributed by atoms with Crippen LogP contribution in [-0.4, -0.2) is 42.8 Å². The highest BCUT2D eigenvalue weighted by Crippen LogP contribution is 2.40. The first kappa shape index (κ1) is 20.0. The van der Waals surface area contributed by atoms with Crippen LogP contribution in [0.25, 0.3) is 11.0 Å². The van der Waals surface area contributed by atoms with Gasteiger partial charge in [0.05, 0.1) is 37.3 Å². The predicted octanol–water partition coefficient (Wildman–Crippen LogP) is 3.05. The largest absolute Gasteiger partial charge is 0.493 e. The fraction of sp³-hybridized carbons (Fsp3) is 0.304. The molecule has 1 N–H and O–H groups in total. The number of aryl methyl sites for hydroxylation is 1. The molecule has 2 aromatic carbocycles. The molecule has 0 fully saturated rings. The molecule has 0 radical (unpaired) electrons. The van der Waals surface area contributed by atoms with E-state index >= 15 is 0 Å². The van der Waals surface area contributed by atoms with Gasteiger partial charge in [-0.3, -0.25) is 9.59 Å². The van der Waals surface area contributed by atoms with Crippen LogP contribution < -0.4 is 14.9 Å². The van der Waals surface area contributed by atoms with Crippen molar-refractivity contribution in [3.05, 3.63) is 69.1 Å². The maximum Gasteiger partial charge on any atom is 0.290 e. The summed E-state index contributed by atoms with van der Waals surface area (Å²) in [5.74, 6) is 0.669. The number of amides is 1. The van der Waals surface area contributed by atoms with E-state index in [1.54, 1.807) is 30.3 Å². The van der Waals surface area contributed by atoms with E-state index in [1.165, 1.54) is 12.0 Å². The van der Waals surface area contributed by atoms with Gasteiger partial charge in [0.15, 0.2) is 16.9 Å². The number of carbonyl (C=O) groups excluding carboxylic acids is 1. The molecule has 1 aliphatic heterocycles. The predicted molar refractivity (Wildman–Crippen MR) is 111 cm³/mol. The number of nitrogens with zero attached hydrogens (tertiary/aromatic N) is 1. The summed E-state index contributed by atoms with van der Waals surface area (Å²) < 4.78 is 16.9. The average molecular weight is 409 g/mol. The molecule has 0 spiro atoms. The first-order valence-electron chi connectivity index (χ1n) is 9.80. The zero-order valence-corrected chi connectivity index (χ0v) is 17.1. The SMILES string of the molecule is CCOc1ccc([C@H]2c3c(oc4ccc(C)cc4c3=O)C(=O)N2CCO)cc1OC. The third-order valence-corrected chi connectivity index (χ3v) is 5.27. The molecule has 0 aliphatic carbocycles. The van der Waals surface area contributed by atoms with Gasteiger partial charge < -0.3 is 23.9 Å². The Morgan fingerprint density at radius 2 is 1.93 bits per heavy atom. The molecule has 0 saturated carbocycles. The number of hydrogen-bond acceptors (Lipinski definition) is 6. The van der Waals surface area contributed by atoms with Crippen LogP contribution in [0.2, 0.25) is 0 Å². The number of β-amino-alcohol motifs (C(OH)–C–C–N with tert-alkyl or cyclic N) is 1. The Labute approximate surface area is 173 Å². The van der Waals surface area contributed by atoms with Crippen molar-refractivity contribution in [1.82, 2.24) is 4.90 Å². The molecule has 1 amide bonds. The zero-order chi connectivity index (χ0) is 21.4. The molecule has 2 heterocycles. The van der Waals surface area contributed by atoms with Gasteiger partial charge in [-0.2, -0.15) is 0 Å². The van der Waals surface area contributed by atoms with Crippen LogP contribution in [0.1, 0.15) is 40.2 Å². The third-order valence-electron chi connectivity index (χ3n) is 5.27. The van der Waals surface area contributed by atoms with Crippen molar-refractivity contribution in [3.63, 3.8) is 0 Å². The van der Waals surface area contributed by atoms with Crippen LogP contribution in [0.4, 0.5) is 0 Å². The summed E-state index contributed by atoms with van der Waals surface area (Å²) in [7, 11) is 1.53. The summed E-state index contributed by atoms with van der Waals surface area (Å²) in [6, 6.07) is 9.90. The molecular weight excluding hydrogens is 386 g/mol. The molecule has 0 saturated heterocycles. The minimum absolute atomic E-state index is 0.0163. The fourth-order valence-corrected chi connectivity index (χ4v) is 3.95. The molecule has 1 aliphatic rings. The van der Waals surface area contributed by atoms with Crippen LogP contribution in [0, 0.1) is 6.92 Å². The second kappa shape index (κ2) is 7.84. The van der Waals surface area contributed by atoms with E-state index in [-0.39, 0.29) is 29.9 Å². The lowest BCUT2D eigenvalue weighted by Gasteiger charge is -2.25. The Bertz CT molecular complexity index is 1180. The summed E-state index contributed by atoms with van der Waals surface area (Å²) in [6.07, 6.45) is 0. The van der Waals surface area contributed by atoms with Crippen LogP contribution in [-0.2, 0) is 0 Å². The number of aliphatic hydroxyl groups excluding tert-OH is 1. The van der Waals surface area contributed by atoms with Crippen molar-refractivity contribution >= 4 is 16.9 Å². The maximum absolute atomic E-state index is 13.4. The summed E-state index contributed by atoms with van der Waals surface area (Å²) in [5.41, 5.74) is 1.99. The van der Waals surface area contributed by atoms with E-state index in [0.717, 1.165) is 5.56 Å². The summed E-state index contributed by atoms with van der Waals surface area (Å²) in [6.45, 7) is 4.08. The highest BCUT2D eigenvalue weighted by atomic mass is 16.5. The van der Waals surface area contributed by atoms with Crippen molar-refractivity contribution in [3.8, 4) is 11.5 Å². The van der Waals surface area contributed by atoms with Crippen molar-refractivity contribution in [2.75, 3.05) is 26.9 Å². The van der Waals surface area contributed by atoms with Gasteiger partial charge in [0, 0.05) is 6.54 Å². The molecule has 0 bridgehead atoms. The third kappa shape index (κ3) is 3.11. The molecule has 0 unspecified atom stereocenters.